The van der Waals surface area contributed by atoms with Crippen LogP contribution in [-0.4, -0.2) is 23.8 Å². The zero-order valence-corrected chi connectivity index (χ0v) is 6.66. The molecule has 1 rings (SSSR count). The molecule has 0 aromatic heterocycles. The standard InChI is InChI=1S/C8H13NO2/c1-6(8(10)11)4-7-2-3-9-5-7/h5-7H,2-4H2,1H3,(H,10,11). The Balaban J connectivity index is 2.29. The molecule has 0 aromatic carbocycles. The molecule has 1 N–H and O–H groups in total. The maximum atomic E-state index is 10.4. The Morgan fingerprint density at radius 3 is 3.09 bits per heavy atom. The van der Waals surface area contributed by atoms with E-state index in [-0.39, 0.29) is 5.92 Å². The zero-order valence-electron chi connectivity index (χ0n) is 6.66. The lowest BCUT2D eigenvalue weighted by molar-refractivity contribution is -0.141. The van der Waals surface area contributed by atoms with Crippen LogP contribution in [-0.2, 0) is 4.79 Å². The van der Waals surface area contributed by atoms with E-state index >= 15 is 0 Å². The smallest absolute Gasteiger partial charge is 0.306 e. The average Bonchev–Trinajstić information content (AvgIpc) is 2.39. The first-order valence-corrected chi connectivity index (χ1v) is 3.93. The summed E-state index contributed by atoms with van der Waals surface area (Å²) in [5.74, 6) is -0.532. The number of carboxylic acids is 1. The lowest BCUT2D eigenvalue weighted by Crippen LogP contribution is -2.14. The molecule has 3 heteroatoms. The van der Waals surface area contributed by atoms with Gasteiger partial charge in [-0.3, -0.25) is 9.79 Å². The van der Waals surface area contributed by atoms with Crippen LogP contribution in [0, 0.1) is 11.8 Å². The minimum absolute atomic E-state index is 0.232. The van der Waals surface area contributed by atoms with Gasteiger partial charge in [0.1, 0.15) is 0 Å². The van der Waals surface area contributed by atoms with Gasteiger partial charge in [-0.2, -0.15) is 0 Å². The van der Waals surface area contributed by atoms with Crippen LogP contribution in [0.1, 0.15) is 19.8 Å². The van der Waals surface area contributed by atoms with Gasteiger partial charge in [-0.15, -0.1) is 0 Å². The average molecular weight is 155 g/mol. The van der Waals surface area contributed by atoms with Gasteiger partial charge in [0.25, 0.3) is 0 Å². The Hall–Kier alpha value is -0.860. The van der Waals surface area contributed by atoms with Crippen LogP contribution in [0.5, 0.6) is 0 Å². The third-order valence-corrected chi connectivity index (χ3v) is 2.02. The number of carbonyl (C=O) groups is 1. The Kier molecular flexibility index (Phi) is 2.63. The molecule has 0 radical (unpaired) electrons. The van der Waals surface area contributed by atoms with Crippen LogP contribution in [0.15, 0.2) is 4.99 Å². The summed E-state index contributed by atoms with van der Waals surface area (Å²) in [6.45, 7) is 2.62. The van der Waals surface area contributed by atoms with Crippen LogP contribution in [0.2, 0.25) is 0 Å². The lowest BCUT2D eigenvalue weighted by atomic mass is 9.96. The molecule has 62 valence electrons. The summed E-state index contributed by atoms with van der Waals surface area (Å²) in [6, 6.07) is 0. The van der Waals surface area contributed by atoms with Crippen molar-refractivity contribution in [2.75, 3.05) is 6.54 Å². The van der Waals surface area contributed by atoms with Crippen molar-refractivity contribution in [1.82, 2.24) is 0 Å². The summed E-state index contributed by atoms with van der Waals surface area (Å²) >= 11 is 0. The minimum Gasteiger partial charge on any atom is -0.481 e. The normalized spacial score (nSPS) is 25.4. The second kappa shape index (κ2) is 3.51. The van der Waals surface area contributed by atoms with Crippen molar-refractivity contribution in [3.63, 3.8) is 0 Å². The molecule has 1 aliphatic heterocycles. The summed E-state index contributed by atoms with van der Waals surface area (Å²) in [5, 5.41) is 8.60. The zero-order chi connectivity index (χ0) is 8.27. The summed E-state index contributed by atoms with van der Waals surface area (Å²) in [6.07, 6.45) is 3.65. The Bertz CT molecular complexity index is 177. The molecule has 0 aromatic rings. The first-order chi connectivity index (χ1) is 5.20. The topological polar surface area (TPSA) is 49.7 Å². The van der Waals surface area contributed by atoms with Crippen molar-refractivity contribution in [3.8, 4) is 0 Å². The molecule has 2 atom stereocenters. The largest absolute Gasteiger partial charge is 0.481 e. The van der Waals surface area contributed by atoms with Crippen LogP contribution in [0.3, 0.4) is 0 Å². The van der Waals surface area contributed by atoms with E-state index < -0.39 is 5.97 Å². The summed E-state index contributed by atoms with van der Waals surface area (Å²) in [5.41, 5.74) is 0. The van der Waals surface area contributed by atoms with E-state index in [9.17, 15) is 4.79 Å². The maximum Gasteiger partial charge on any atom is 0.306 e. The first-order valence-electron chi connectivity index (χ1n) is 3.93. The molecule has 0 fully saturated rings. The number of aliphatic carboxylic acids is 1. The molecule has 0 saturated carbocycles. The monoisotopic (exact) mass is 155 g/mol. The van der Waals surface area contributed by atoms with E-state index in [0.29, 0.717) is 5.92 Å². The third-order valence-electron chi connectivity index (χ3n) is 2.02. The molecule has 0 saturated heterocycles. The van der Waals surface area contributed by atoms with E-state index in [1.165, 1.54) is 0 Å². The van der Waals surface area contributed by atoms with Crippen molar-refractivity contribution >= 4 is 12.2 Å². The van der Waals surface area contributed by atoms with Gasteiger partial charge >= 0.3 is 5.97 Å². The number of rotatable bonds is 3. The van der Waals surface area contributed by atoms with E-state index in [2.05, 4.69) is 4.99 Å². The fourth-order valence-corrected chi connectivity index (χ4v) is 1.27. The molecule has 0 amide bonds. The summed E-state index contributed by atoms with van der Waals surface area (Å²) in [7, 11) is 0. The fourth-order valence-electron chi connectivity index (χ4n) is 1.27. The van der Waals surface area contributed by atoms with Crippen LogP contribution < -0.4 is 0 Å². The van der Waals surface area contributed by atoms with Gasteiger partial charge in [0.2, 0.25) is 0 Å². The Morgan fingerprint density at radius 1 is 1.91 bits per heavy atom. The Labute approximate surface area is 66.1 Å². The molecule has 3 nitrogen and oxygen atoms in total. The van der Waals surface area contributed by atoms with E-state index in [0.717, 1.165) is 19.4 Å². The van der Waals surface area contributed by atoms with Gasteiger partial charge in [0.15, 0.2) is 0 Å². The van der Waals surface area contributed by atoms with E-state index in [4.69, 9.17) is 5.11 Å². The van der Waals surface area contributed by atoms with Crippen LogP contribution in [0.4, 0.5) is 0 Å². The molecule has 11 heavy (non-hydrogen) atoms. The van der Waals surface area contributed by atoms with Gasteiger partial charge in [-0.25, -0.2) is 0 Å². The highest BCUT2D eigenvalue weighted by Gasteiger charge is 2.18. The maximum absolute atomic E-state index is 10.4. The number of carboxylic acid groups (broad SMARTS) is 1. The number of nitrogens with zero attached hydrogens (tertiary/aromatic N) is 1. The quantitative estimate of drug-likeness (QED) is 0.665. The first kappa shape index (κ1) is 8.24. The number of hydrogen-bond acceptors (Lipinski definition) is 2. The van der Waals surface area contributed by atoms with Crippen LogP contribution >= 0.6 is 0 Å². The Morgan fingerprint density at radius 2 is 2.64 bits per heavy atom. The highest BCUT2D eigenvalue weighted by Crippen LogP contribution is 2.17. The van der Waals surface area contributed by atoms with Crippen molar-refractivity contribution in [1.29, 1.82) is 0 Å². The second-order valence-electron chi connectivity index (χ2n) is 3.08. The minimum atomic E-state index is -0.703. The van der Waals surface area contributed by atoms with Gasteiger partial charge in [-0.1, -0.05) is 6.92 Å². The molecule has 1 aliphatic rings. The summed E-state index contributed by atoms with van der Waals surface area (Å²) < 4.78 is 0. The van der Waals surface area contributed by atoms with Gasteiger partial charge < -0.3 is 5.11 Å². The number of hydrogen-bond donors (Lipinski definition) is 1. The molecular formula is C8H13NO2. The molecule has 2 unspecified atom stereocenters. The SMILES string of the molecule is CC(CC1C=NCC1)C(=O)O. The van der Waals surface area contributed by atoms with Crippen molar-refractivity contribution in [2.24, 2.45) is 16.8 Å². The van der Waals surface area contributed by atoms with Crippen molar-refractivity contribution < 1.29 is 9.90 Å². The molecule has 1 heterocycles. The lowest BCUT2D eigenvalue weighted by Gasteiger charge is -2.08. The predicted molar refractivity (Wildman–Crippen MR) is 42.9 cm³/mol. The molecule has 0 bridgehead atoms. The molecular weight excluding hydrogens is 142 g/mol. The summed E-state index contributed by atoms with van der Waals surface area (Å²) in [4.78, 5) is 14.5. The van der Waals surface area contributed by atoms with Gasteiger partial charge in [0.05, 0.1) is 5.92 Å². The van der Waals surface area contributed by atoms with E-state index in [1.54, 1.807) is 6.92 Å². The highest BCUT2D eigenvalue weighted by molar-refractivity contribution is 5.71. The third kappa shape index (κ3) is 2.33. The fraction of sp³-hybridized carbons (Fsp3) is 0.750. The number of aliphatic imine (C=N–C) groups is 1. The van der Waals surface area contributed by atoms with E-state index in [1.807, 2.05) is 6.21 Å². The van der Waals surface area contributed by atoms with Gasteiger partial charge in [0, 0.05) is 12.8 Å². The van der Waals surface area contributed by atoms with Crippen LogP contribution in [0.25, 0.3) is 0 Å². The van der Waals surface area contributed by atoms with Crippen molar-refractivity contribution in [3.05, 3.63) is 0 Å². The van der Waals surface area contributed by atoms with Gasteiger partial charge in [-0.05, 0) is 18.8 Å². The van der Waals surface area contributed by atoms with Crippen molar-refractivity contribution in [2.45, 2.75) is 19.8 Å². The molecule has 0 aliphatic carbocycles. The highest BCUT2D eigenvalue weighted by atomic mass is 16.4. The second-order valence-corrected chi connectivity index (χ2v) is 3.08. The molecule has 0 spiro atoms. The predicted octanol–water partition coefficient (Wildman–Crippen LogP) is 1.19.